The number of hydrogen-bond acceptors (Lipinski definition) is 3. The largest absolute Gasteiger partial charge is 0.344 e. The molecule has 1 aromatic heterocycles. The molecule has 2 aromatic carbocycles. The molecule has 21 heavy (non-hydrogen) atoms. The van der Waals surface area contributed by atoms with E-state index in [0.29, 0.717) is 10.4 Å². The maximum Gasteiger partial charge on any atom is 0.261 e. The van der Waals surface area contributed by atoms with E-state index in [2.05, 4.69) is 5.32 Å². The van der Waals surface area contributed by atoms with Gasteiger partial charge in [-0.3, -0.25) is 9.59 Å². The fraction of sp³-hybridized carbons (Fsp3) is 0.0588. The normalized spacial score (nSPS) is 10.5. The Kier molecular flexibility index (Phi) is 3.79. The molecule has 0 radical (unpaired) electrons. The van der Waals surface area contributed by atoms with Crippen LogP contribution >= 0.6 is 11.3 Å². The summed E-state index contributed by atoms with van der Waals surface area (Å²) in [6, 6.07) is 18.6. The molecule has 0 saturated carbocycles. The SMILES string of the molecule is O=C(CNC(=O)c1cc2ccccc2s1)c1ccccc1. The maximum absolute atomic E-state index is 12.1. The Morgan fingerprint density at radius 1 is 0.952 bits per heavy atom. The first kappa shape index (κ1) is 13.5. The summed E-state index contributed by atoms with van der Waals surface area (Å²) < 4.78 is 1.07. The molecule has 0 saturated heterocycles. The Morgan fingerprint density at radius 3 is 2.43 bits per heavy atom. The van der Waals surface area contributed by atoms with Crippen LogP contribution in [-0.2, 0) is 0 Å². The first-order valence-electron chi connectivity index (χ1n) is 6.59. The number of rotatable bonds is 4. The highest BCUT2D eigenvalue weighted by Crippen LogP contribution is 2.24. The average molecular weight is 295 g/mol. The summed E-state index contributed by atoms with van der Waals surface area (Å²) in [6.45, 7) is 0.0110. The van der Waals surface area contributed by atoms with Crippen molar-refractivity contribution in [3.63, 3.8) is 0 Å². The molecule has 0 fully saturated rings. The van der Waals surface area contributed by atoms with Crippen LogP contribution in [0.3, 0.4) is 0 Å². The van der Waals surface area contributed by atoms with Gasteiger partial charge in [-0.1, -0.05) is 48.5 Å². The Balaban J connectivity index is 1.68. The first-order chi connectivity index (χ1) is 10.2. The summed E-state index contributed by atoms with van der Waals surface area (Å²) in [6.07, 6.45) is 0. The van der Waals surface area contributed by atoms with Crippen molar-refractivity contribution in [1.29, 1.82) is 0 Å². The summed E-state index contributed by atoms with van der Waals surface area (Å²) in [5.74, 6) is -0.300. The van der Waals surface area contributed by atoms with E-state index in [0.717, 1.165) is 10.1 Å². The van der Waals surface area contributed by atoms with Gasteiger partial charge < -0.3 is 5.32 Å². The van der Waals surface area contributed by atoms with E-state index in [4.69, 9.17) is 0 Å². The Hall–Kier alpha value is -2.46. The molecule has 0 atom stereocenters. The molecule has 3 aromatic rings. The van der Waals surface area contributed by atoms with Crippen LogP contribution < -0.4 is 5.32 Å². The fourth-order valence-electron chi connectivity index (χ4n) is 2.07. The monoisotopic (exact) mass is 295 g/mol. The Bertz CT molecular complexity index is 760. The van der Waals surface area contributed by atoms with Gasteiger partial charge in [0.15, 0.2) is 5.78 Å². The van der Waals surface area contributed by atoms with E-state index in [1.54, 1.807) is 24.3 Å². The number of nitrogens with one attached hydrogen (secondary N) is 1. The maximum atomic E-state index is 12.1. The van der Waals surface area contributed by atoms with Gasteiger partial charge in [-0.25, -0.2) is 0 Å². The highest BCUT2D eigenvalue weighted by Gasteiger charge is 2.12. The lowest BCUT2D eigenvalue weighted by Crippen LogP contribution is -2.28. The van der Waals surface area contributed by atoms with Crippen molar-refractivity contribution >= 4 is 33.1 Å². The lowest BCUT2D eigenvalue weighted by molar-refractivity contribution is 0.0907. The summed E-state index contributed by atoms with van der Waals surface area (Å²) in [5, 5.41) is 3.72. The topological polar surface area (TPSA) is 46.2 Å². The van der Waals surface area contributed by atoms with Crippen molar-refractivity contribution in [3.05, 3.63) is 71.1 Å². The third kappa shape index (κ3) is 3.01. The molecule has 0 aliphatic heterocycles. The van der Waals surface area contributed by atoms with Gasteiger partial charge in [0.2, 0.25) is 0 Å². The van der Waals surface area contributed by atoms with Crippen molar-refractivity contribution in [1.82, 2.24) is 5.32 Å². The highest BCUT2D eigenvalue weighted by molar-refractivity contribution is 7.20. The number of carbonyl (C=O) groups excluding carboxylic acids is 2. The van der Waals surface area contributed by atoms with Crippen LogP contribution in [0.2, 0.25) is 0 Å². The molecule has 104 valence electrons. The van der Waals surface area contributed by atoms with Crippen LogP contribution in [0, 0.1) is 0 Å². The number of fused-ring (bicyclic) bond motifs is 1. The van der Waals surface area contributed by atoms with E-state index in [9.17, 15) is 9.59 Å². The molecule has 3 rings (SSSR count). The highest BCUT2D eigenvalue weighted by atomic mass is 32.1. The molecule has 3 nitrogen and oxygen atoms in total. The van der Waals surface area contributed by atoms with Crippen molar-refractivity contribution < 1.29 is 9.59 Å². The molecule has 0 aliphatic carbocycles. The predicted octanol–water partition coefficient (Wildman–Crippen LogP) is 3.51. The predicted molar refractivity (Wildman–Crippen MR) is 84.9 cm³/mol. The van der Waals surface area contributed by atoms with Crippen LogP contribution in [0.5, 0.6) is 0 Å². The lowest BCUT2D eigenvalue weighted by Gasteiger charge is -2.02. The quantitative estimate of drug-likeness (QED) is 0.749. The smallest absolute Gasteiger partial charge is 0.261 e. The number of thiophene rings is 1. The molecular formula is C17H13NO2S. The average Bonchev–Trinajstić information content (AvgIpc) is 2.97. The van der Waals surface area contributed by atoms with E-state index >= 15 is 0 Å². The van der Waals surface area contributed by atoms with Crippen LogP contribution in [0.4, 0.5) is 0 Å². The second-order valence-electron chi connectivity index (χ2n) is 4.62. The molecule has 1 N–H and O–H groups in total. The second-order valence-corrected chi connectivity index (χ2v) is 5.70. The zero-order valence-electron chi connectivity index (χ0n) is 11.2. The minimum absolute atomic E-state index is 0.0110. The summed E-state index contributed by atoms with van der Waals surface area (Å²) >= 11 is 1.43. The standard InChI is InChI=1S/C17H13NO2S/c19-14(12-6-2-1-3-7-12)11-18-17(20)16-10-13-8-4-5-9-15(13)21-16/h1-10H,11H2,(H,18,20). The number of carbonyl (C=O) groups is 2. The van der Waals surface area contributed by atoms with Crippen LogP contribution in [0.15, 0.2) is 60.7 Å². The fourth-order valence-corrected chi connectivity index (χ4v) is 3.05. The van der Waals surface area contributed by atoms with Gasteiger partial charge in [0.25, 0.3) is 5.91 Å². The number of Topliss-reactive ketones (excluding diaryl/α,β-unsaturated/α-hetero) is 1. The summed E-state index contributed by atoms with van der Waals surface area (Å²) in [4.78, 5) is 24.7. The lowest BCUT2D eigenvalue weighted by atomic mass is 10.1. The van der Waals surface area contributed by atoms with Crippen LogP contribution in [0.25, 0.3) is 10.1 Å². The first-order valence-corrected chi connectivity index (χ1v) is 7.41. The zero-order chi connectivity index (χ0) is 14.7. The molecular weight excluding hydrogens is 282 g/mol. The molecule has 1 amide bonds. The van der Waals surface area contributed by atoms with Crippen molar-refractivity contribution in [2.24, 2.45) is 0 Å². The van der Waals surface area contributed by atoms with Gasteiger partial charge in [-0.2, -0.15) is 0 Å². The summed E-state index contributed by atoms with van der Waals surface area (Å²) in [7, 11) is 0. The van der Waals surface area contributed by atoms with E-state index < -0.39 is 0 Å². The van der Waals surface area contributed by atoms with Crippen molar-refractivity contribution in [2.75, 3.05) is 6.54 Å². The van der Waals surface area contributed by atoms with Gasteiger partial charge in [0, 0.05) is 10.3 Å². The minimum Gasteiger partial charge on any atom is -0.344 e. The second kappa shape index (κ2) is 5.89. The molecule has 0 unspecified atom stereocenters. The Morgan fingerprint density at radius 2 is 1.67 bits per heavy atom. The summed E-state index contributed by atoms with van der Waals surface area (Å²) in [5.41, 5.74) is 0.606. The number of amides is 1. The van der Waals surface area contributed by atoms with Gasteiger partial charge in [-0.15, -0.1) is 11.3 Å². The third-order valence-corrected chi connectivity index (χ3v) is 4.27. The third-order valence-electron chi connectivity index (χ3n) is 3.15. The van der Waals surface area contributed by atoms with Gasteiger partial charge >= 0.3 is 0 Å². The van der Waals surface area contributed by atoms with Crippen LogP contribution in [-0.4, -0.2) is 18.2 Å². The van der Waals surface area contributed by atoms with E-state index in [-0.39, 0.29) is 18.2 Å². The van der Waals surface area contributed by atoms with E-state index in [1.807, 2.05) is 36.4 Å². The van der Waals surface area contributed by atoms with Gasteiger partial charge in [0.1, 0.15) is 0 Å². The van der Waals surface area contributed by atoms with E-state index in [1.165, 1.54) is 11.3 Å². The van der Waals surface area contributed by atoms with Crippen LogP contribution in [0.1, 0.15) is 20.0 Å². The van der Waals surface area contributed by atoms with Crippen molar-refractivity contribution in [2.45, 2.75) is 0 Å². The van der Waals surface area contributed by atoms with Gasteiger partial charge in [0.05, 0.1) is 11.4 Å². The van der Waals surface area contributed by atoms with Gasteiger partial charge in [-0.05, 0) is 17.5 Å². The zero-order valence-corrected chi connectivity index (χ0v) is 12.0. The molecule has 0 aliphatic rings. The number of ketones is 1. The minimum atomic E-state index is -0.208. The molecule has 0 spiro atoms. The number of benzene rings is 2. The van der Waals surface area contributed by atoms with Crippen molar-refractivity contribution in [3.8, 4) is 0 Å². The number of hydrogen-bond donors (Lipinski definition) is 1. The molecule has 4 heteroatoms. The Labute approximate surface area is 126 Å². The molecule has 1 heterocycles. The molecule has 0 bridgehead atoms.